The Hall–Kier alpha value is -3.00. The van der Waals surface area contributed by atoms with Gasteiger partial charge in [0.15, 0.2) is 0 Å². The third-order valence-electron chi connectivity index (χ3n) is 8.52. The highest BCUT2D eigenvalue weighted by atomic mass is 79.9. The van der Waals surface area contributed by atoms with Gasteiger partial charge in [0.05, 0.1) is 42.9 Å². The molecule has 0 N–H and O–H groups in total. The molecule has 6 atom stereocenters. The lowest BCUT2D eigenvalue weighted by Gasteiger charge is -2.35. The van der Waals surface area contributed by atoms with E-state index in [4.69, 9.17) is 0 Å². The van der Waals surface area contributed by atoms with Crippen molar-refractivity contribution in [3.63, 3.8) is 0 Å². The summed E-state index contributed by atoms with van der Waals surface area (Å²) < 4.78 is 1.75. The van der Waals surface area contributed by atoms with Gasteiger partial charge in [-0.15, -0.1) is 22.7 Å². The average Bonchev–Trinajstić information content (AvgIpc) is 3.81. The molecular weight excluding hydrogens is 704 g/mol. The number of hydrogen-bond acceptors (Lipinski definition) is 8. The zero-order valence-corrected chi connectivity index (χ0v) is 26.3. The van der Waals surface area contributed by atoms with Crippen molar-refractivity contribution >= 4 is 89.5 Å². The number of rotatable bonds is 4. The Balaban J connectivity index is 1.33. The molecule has 0 radical (unpaired) electrons. The van der Waals surface area contributed by atoms with E-state index in [1.54, 1.807) is 48.5 Å². The molecule has 4 fully saturated rings. The molecule has 12 heteroatoms. The number of nitrogens with zero attached hydrogens (tertiary/aromatic N) is 4. The fourth-order valence-electron chi connectivity index (χ4n) is 7.03. The fourth-order valence-corrected chi connectivity index (χ4v) is 10.2. The quantitative estimate of drug-likeness (QED) is 0.249. The second kappa shape index (κ2) is 9.76. The standard InChI is InChI=1S/C30H20Br2N4O4S2/c31-19-13-11-17(41-19)23-21-25(29(39)33(27(21)37)15-7-3-1-4-8-15)35-24(18-12-14-20(32)42-18)22-26(36(23)35)30(40)34(28(22)38)16-9-5-2-6-10-16/h1-14,21-26H/t21-,22-,23-,24+,25+,26-/m0/s1. The first-order chi connectivity index (χ1) is 20.4. The highest BCUT2D eigenvalue weighted by Crippen LogP contribution is 2.61. The number of benzene rings is 2. The topological polar surface area (TPSA) is 81.2 Å². The Morgan fingerprint density at radius 2 is 0.857 bits per heavy atom. The summed E-state index contributed by atoms with van der Waals surface area (Å²) in [7, 11) is 0. The molecule has 42 heavy (non-hydrogen) atoms. The Labute approximate surface area is 265 Å². The van der Waals surface area contributed by atoms with Crippen molar-refractivity contribution in [3.05, 3.63) is 102 Å². The van der Waals surface area contributed by atoms with E-state index in [1.165, 1.54) is 32.5 Å². The monoisotopic (exact) mass is 722 g/mol. The minimum Gasteiger partial charge on any atom is -0.274 e. The average molecular weight is 724 g/mol. The number of halogens is 2. The Kier molecular flexibility index (Phi) is 6.19. The molecule has 4 saturated heterocycles. The molecule has 4 aliphatic rings. The van der Waals surface area contributed by atoms with Crippen molar-refractivity contribution in [3.8, 4) is 0 Å². The molecule has 8 rings (SSSR count). The number of carbonyl (C=O) groups is 4. The van der Waals surface area contributed by atoms with Gasteiger partial charge in [-0.3, -0.25) is 19.2 Å². The van der Waals surface area contributed by atoms with Crippen molar-refractivity contribution < 1.29 is 19.2 Å². The summed E-state index contributed by atoms with van der Waals surface area (Å²) in [6.07, 6.45) is 0. The number of carbonyl (C=O) groups excluding carboxylic acids is 4. The van der Waals surface area contributed by atoms with E-state index in [0.29, 0.717) is 11.4 Å². The van der Waals surface area contributed by atoms with E-state index in [0.717, 1.165) is 17.3 Å². The second-order valence-corrected chi connectivity index (χ2v) is 15.6. The summed E-state index contributed by atoms with van der Waals surface area (Å²) in [5.41, 5.74) is 1.02. The van der Waals surface area contributed by atoms with Gasteiger partial charge in [0.25, 0.3) is 11.8 Å². The predicted octanol–water partition coefficient (Wildman–Crippen LogP) is 5.78. The summed E-state index contributed by atoms with van der Waals surface area (Å²) in [5.74, 6) is -2.83. The first-order valence-corrected chi connectivity index (χ1v) is 16.5. The number of fused-ring (bicyclic) bond motifs is 5. The first kappa shape index (κ1) is 26.6. The summed E-state index contributed by atoms with van der Waals surface area (Å²) in [6.45, 7) is 0. The van der Waals surface area contributed by atoms with Crippen LogP contribution in [0.5, 0.6) is 0 Å². The predicted molar refractivity (Wildman–Crippen MR) is 166 cm³/mol. The molecule has 6 heterocycles. The molecule has 0 unspecified atom stereocenters. The van der Waals surface area contributed by atoms with Crippen LogP contribution in [-0.2, 0) is 19.2 Å². The second-order valence-electron chi connectivity index (χ2n) is 10.6. The number of imide groups is 2. The Morgan fingerprint density at radius 1 is 0.476 bits per heavy atom. The van der Waals surface area contributed by atoms with E-state index in [-0.39, 0.29) is 23.6 Å². The van der Waals surface area contributed by atoms with Gasteiger partial charge >= 0.3 is 0 Å². The zero-order valence-electron chi connectivity index (χ0n) is 21.5. The third kappa shape index (κ3) is 3.63. The molecule has 0 spiro atoms. The van der Waals surface area contributed by atoms with Gasteiger partial charge in [0.2, 0.25) is 11.8 Å². The summed E-state index contributed by atoms with van der Waals surface area (Å²) in [4.78, 5) is 61.4. The van der Waals surface area contributed by atoms with Gasteiger partial charge in [-0.2, -0.15) is 0 Å². The molecule has 4 amide bonds. The maximum atomic E-state index is 14.3. The summed E-state index contributed by atoms with van der Waals surface area (Å²) >= 11 is 10.1. The van der Waals surface area contributed by atoms with Gasteiger partial charge in [-0.25, -0.2) is 19.8 Å². The third-order valence-corrected chi connectivity index (χ3v) is 11.9. The molecule has 0 bridgehead atoms. The van der Waals surface area contributed by atoms with Crippen molar-refractivity contribution in [2.45, 2.75) is 24.2 Å². The van der Waals surface area contributed by atoms with Crippen molar-refractivity contribution in [1.82, 2.24) is 10.0 Å². The maximum Gasteiger partial charge on any atom is 0.253 e. The molecule has 4 aromatic rings. The van der Waals surface area contributed by atoms with E-state index in [9.17, 15) is 19.2 Å². The zero-order chi connectivity index (χ0) is 28.9. The molecule has 0 saturated carbocycles. The number of thiophene rings is 2. The van der Waals surface area contributed by atoms with Crippen molar-refractivity contribution in [2.24, 2.45) is 11.8 Å². The number of amides is 4. The number of hydrazine groups is 1. The van der Waals surface area contributed by atoms with Crippen LogP contribution < -0.4 is 9.80 Å². The molecule has 2 aromatic carbocycles. The van der Waals surface area contributed by atoms with Crippen LogP contribution in [0.25, 0.3) is 0 Å². The largest absolute Gasteiger partial charge is 0.274 e. The molecule has 210 valence electrons. The molecular formula is C30H20Br2N4O4S2. The van der Waals surface area contributed by atoms with Crippen LogP contribution in [0.3, 0.4) is 0 Å². The number of anilines is 2. The van der Waals surface area contributed by atoms with Crippen LogP contribution in [0.2, 0.25) is 0 Å². The van der Waals surface area contributed by atoms with Crippen LogP contribution in [-0.4, -0.2) is 45.7 Å². The Bertz CT molecular complexity index is 1650. The highest BCUT2D eigenvalue weighted by molar-refractivity contribution is 9.11. The van der Waals surface area contributed by atoms with Crippen LogP contribution in [0.15, 0.2) is 92.5 Å². The highest BCUT2D eigenvalue weighted by Gasteiger charge is 2.74. The Morgan fingerprint density at radius 3 is 1.19 bits per heavy atom. The smallest absolute Gasteiger partial charge is 0.253 e. The first-order valence-electron chi connectivity index (χ1n) is 13.3. The van der Waals surface area contributed by atoms with Gasteiger partial charge < -0.3 is 0 Å². The molecule has 2 aromatic heterocycles. The van der Waals surface area contributed by atoms with Gasteiger partial charge in [-0.05, 0) is 80.4 Å². The minimum atomic E-state index is -0.870. The summed E-state index contributed by atoms with van der Waals surface area (Å²) in [6, 6.07) is 22.6. The van der Waals surface area contributed by atoms with Crippen molar-refractivity contribution in [1.29, 1.82) is 0 Å². The van der Waals surface area contributed by atoms with Gasteiger partial charge in [0.1, 0.15) is 12.1 Å². The van der Waals surface area contributed by atoms with E-state index >= 15 is 0 Å². The van der Waals surface area contributed by atoms with Crippen molar-refractivity contribution in [2.75, 3.05) is 9.80 Å². The number of hydrogen-bond donors (Lipinski definition) is 0. The SMILES string of the molecule is O=C1[C@@H]2[C@@H](C(=O)N1c1ccccc1)N1[C@@H](c3ccc(Br)s3)[C@@H]3C(=O)N(c4ccccc4)C(=O)[C@@H]3N1[C@@H]2c1ccc(Br)s1. The van der Waals surface area contributed by atoms with Gasteiger partial charge in [-0.1, -0.05) is 36.4 Å². The fraction of sp³-hybridized carbons (Fsp3) is 0.200. The van der Waals surface area contributed by atoms with Gasteiger partial charge in [0, 0.05) is 9.75 Å². The molecule has 0 aliphatic carbocycles. The van der Waals surface area contributed by atoms with Crippen LogP contribution in [0.1, 0.15) is 21.8 Å². The van der Waals surface area contributed by atoms with Crippen LogP contribution >= 0.6 is 54.5 Å². The maximum absolute atomic E-state index is 14.3. The van der Waals surface area contributed by atoms with Crippen LogP contribution in [0.4, 0.5) is 11.4 Å². The van der Waals surface area contributed by atoms with E-state index in [1.807, 2.05) is 46.4 Å². The minimum absolute atomic E-state index is 0.306. The van der Waals surface area contributed by atoms with E-state index in [2.05, 4.69) is 31.9 Å². The lowest BCUT2D eigenvalue weighted by molar-refractivity contribution is -0.135. The van der Waals surface area contributed by atoms with E-state index < -0.39 is 36.0 Å². The number of para-hydroxylation sites is 2. The van der Waals surface area contributed by atoms with Crippen LogP contribution in [0, 0.1) is 11.8 Å². The molecule has 4 aliphatic heterocycles. The molecule has 8 nitrogen and oxygen atoms in total. The lowest BCUT2D eigenvalue weighted by Crippen LogP contribution is -2.50. The normalized spacial score (nSPS) is 29.1. The summed E-state index contributed by atoms with van der Waals surface area (Å²) in [5, 5.41) is 3.80. The lowest BCUT2D eigenvalue weighted by atomic mass is 9.88.